The molecular weight excluding hydrogens is 166 g/mol. The summed E-state index contributed by atoms with van der Waals surface area (Å²) in [6, 6.07) is 0.762. The van der Waals surface area contributed by atoms with Gasteiger partial charge in [0, 0.05) is 25.3 Å². The largest absolute Gasteiger partial charge is 0.325 e. The Hall–Kier alpha value is -0.940. The van der Waals surface area contributed by atoms with Gasteiger partial charge in [0.15, 0.2) is 0 Å². The topological polar surface area (TPSA) is 68.8 Å². The van der Waals surface area contributed by atoms with E-state index in [4.69, 9.17) is 5.73 Å². The van der Waals surface area contributed by atoms with Crippen LogP contribution in [0, 0.1) is 0 Å². The number of hydrogen-bond donors (Lipinski definition) is 2. The van der Waals surface area contributed by atoms with E-state index < -0.39 is 0 Å². The first kappa shape index (κ1) is 8.65. The average Bonchev–Trinajstić information content (AvgIpc) is 2.84. The minimum Gasteiger partial charge on any atom is -0.325 e. The van der Waals surface area contributed by atoms with Gasteiger partial charge in [0.2, 0.25) is 0 Å². The van der Waals surface area contributed by atoms with Crippen molar-refractivity contribution in [2.45, 2.75) is 32.0 Å². The van der Waals surface area contributed by atoms with Crippen molar-refractivity contribution in [3.8, 4) is 0 Å². The summed E-state index contributed by atoms with van der Waals surface area (Å²) in [6.07, 6.45) is 4.55. The van der Waals surface area contributed by atoms with Crippen molar-refractivity contribution in [3.63, 3.8) is 0 Å². The van der Waals surface area contributed by atoms with E-state index in [1.54, 1.807) is 0 Å². The predicted molar refractivity (Wildman–Crippen MR) is 48.9 cm³/mol. The lowest BCUT2D eigenvalue weighted by Gasteiger charge is -2.00. The van der Waals surface area contributed by atoms with E-state index in [1.807, 2.05) is 10.9 Å². The van der Waals surface area contributed by atoms with Crippen LogP contribution >= 0.6 is 0 Å². The molecule has 13 heavy (non-hydrogen) atoms. The Balaban J connectivity index is 1.72. The molecule has 2 rings (SSSR count). The standard InChI is InChI=1S/C8H15N5/c9-5-8-6-13(12-11-8)4-3-10-7-1-2-7/h6-7,10H,1-5,9H2. The molecule has 0 atom stereocenters. The van der Waals surface area contributed by atoms with Crippen molar-refractivity contribution in [1.29, 1.82) is 0 Å². The second-order valence-corrected chi connectivity index (χ2v) is 3.41. The Labute approximate surface area is 77.3 Å². The Morgan fingerprint density at radius 3 is 3.08 bits per heavy atom. The van der Waals surface area contributed by atoms with E-state index in [1.165, 1.54) is 12.8 Å². The molecule has 0 bridgehead atoms. The lowest BCUT2D eigenvalue weighted by molar-refractivity contribution is 0.539. The van der Waals surface area contributed by atoms with E-state index in [0.29, 0.717) is 6.54 Å². The lowest BCUT2D eigenvalue weighted by atomic mass is 10.5. The van der Waals surface area contributed by atoms with Crippen LogP contribution < -0.4 is 11.1 Å². The second-order valence-electron chi connectivity index (χ2n) is 3.41. The molecule has 1 aromatic rings. The third kappa shape index (κ3) is 2.50. The number of aromatic nitrogens is 3. The average molecular weight is 181 g/mol. The monoisotopic (exact) mass is 181 g/mol. The van der Waals surface area contributed by atoms with Gasteiger partial charge in [-0.15, -0.1) is 5.10 Å². The quantitative estimate of drug-likeness (QED) is 0.642. The first-order valence-corrected chi connectivity index (χ1v) is 4.71. The van der Waals surface area contributed by atoms with E-state index in [0.717, 1.165) is 24.8 Å². The zero-order chi connectivity index (χ0) is 9.10. The van der Waals surface area contributed by atoms with E-state index in [-0.39, 0.29) is 0 Å². The second kappa shape index (κ2) is 3.85. The van der Waals surface area contributed by atoms with Gasteiger partial charge in [-0.25, -0.2) is 0 Å². The summed E-state index contributed by atoms with van der Waals surface area (Å²) < 4.78 is 1.83. The van der Waals surface area contributed by atoms with Crippen LogP contribution in [0.3, 0.4) is 0 Å². The van der Waals surface area contributed by atoms with Crippen LogP contribution in [0.25, 0.3) is 0 Å². The molecular formula is C8H15N5. The van der Waals surface area contributed by atoms with Gasteiger partial charge in [-0.2, -0.15) is 0 Å². The molecule has 5 nitrogen and oxygen atoms in total. The van der Waals surface area contributed by atoms with Crippen molar-refractivity contribution in [1.82, 2.24) is 20.3 Å². The van der Waals surface area contributed by atoms with Gasteiger partial charge in [-0.3, -0.25) is 4.68 Å². The molecule has 0 amide bonds. The molecule has 0 saturated heterocycles. The lowest BCUT2D eigenvalue weighted by Crippen LogP contribution is -2.22. The number of nitrogens with one attached hydrogen (secondary N) is 1. The summed E-state index contributed by atoms with van der Waals surface area (Å²) in [6.45, 7) is 2.32. The van der Waals surface area contributed by atoms with Gasteiger partial charge in [-0.1, -0.05) is 5.21 Å². The summed E-state index contributed by atoms with van der Waals surface area (Å²) in [5.41, 5.74) is 6.27. The molecule has 1 aliphatic carbocycles. The highest BCUT2D eigenvalue weighted by Gasteiger charge is 2.19. The highest BCUT2D eigenvalue weighted by Crippen LogP contribution is 2.17. The summed E-state index contributed by atoms with van der Waals surface area (Å²) in [5.74, 6) is 0. The van der Waals surface area contributed by atoms with Crippen LogP contribution in [0.1, 0.15) is 18.5 Å². The number of hydrogen-bond acceptors (Lipinski definition) is 4. The number of nitrogens with zero attached hydrogens (tertiary/aromatic N) is 3. The first-order chi connectivity index (χ1) is 6.38. The molecule has 1 fully saturated rings. The Bertz CT molecular complexity index is 265. The van der Waals surface area contributed by atoms with Gasteiger partial charge in [0.25, 0.3) is 0 Å². The molecule has 0 spiro atoms. The van der Waals surface area contributed by atoms with Gasteiger partial charge in [0.05, 0.1) is 12.2 Å². The van der Waals surface area contributed by atoms with E-state index in [9.17, 15) is 0 Å². The maximum Gasteiger partial charge on any atom is 0.0962 e. The summed E-state index contributed by atoms with van der Waals surface area (Å²) in [7, 11) is 0. The fraction of sp³-hybridized carbons (Fsp3) is 0.750. The van der Waals surface area contributed by atoms with Crippen LogP contribution in [-0.4, -0.2) is 27.6 Å². The third-order valence-electron chi connectivity index (χ3n) is 2.15. The van der Waals surface area contributed by atoms with Crippen LogP contribution in [0.5, 0.6) is 0 Å². The Morgan fingerprint density at radius 1 is 1.62 bits per heavy atom. The van der Waals surface area contributed by atoms with Crippen LogP contribution in [0.2, 0.25) is 0 Å². The maximum absolute atomic E-state index is 5.42. The number of nitrogens with two attached hydrogens (primary N) is 1. The number of rotatable bonds is 5. The molecule has 72 valence electrons. The van der Waals surface area contributed by atoms with Crippen molar-refractivity contribution in [2.75, 3.05) is 6.54 Å². The normalized spacial score (nSPS) is 16.4. The van der Waals surface area contributed by atoms with Gasteiger partial charge < -0.3 is 11.1 Å². The minimum absolute atomic E-state index is 0.468. The molecule has 1 heterocycles. The molecule has 3 N–H and O–H groups in total. The highest BCUT2D eigenvalue weighted by atomic mass is 15.4. The zero-order valence-corrected chi connectivity index (χ0v) is 7.61. The molecule has 0 radical (unpaired) electrons. The Morgan fingerprint density at radius 2 is 2.46 bits per heavy atom. The van der Waals surface area contributed by atoms with Gasteiger partial charge in [-0.05, 0) is 12.8 Å². The van der Waals surface area contributed by atoms with Crippen molar-refractivity contribution in [2.24, 2.45) is 5.73 Å². The van der Waals surface area contributed by atoms with Gasteiger partial charge >= 0.3 is 0 Å². The molecule has 0 aromatic carbocycles. The SMILES string of the molecule is NCc1cn(CCNC2CC2)nn1. The molecule has 1 saturated carbocycles. The fourth-order valence-corrected chi connectivity index (χ4v) is 1.21. The smallest absolute Gasteiger partial charge is 0.0962 e. The summed E-state index contributed by atoms with van der Waals surface area (Å²) in [4.78, 5) is 0. The summed E-state index contributed by atoms with van der Waals surface area (Å²) in [5, 5.41) is 11.3. The van der Waals surface area contributed by atoms with Crippen LogP contribution in [-0.2, 0) is 13.1 Å². The molecule has 1 aliphatic rings. The van der Waals surface area contributed by atoms with E-state index >= 15 is 0 Å². The van der Waals surface area contributed by atoms with Crippen molar-refractivity contribution < 1.29 is 0 Å². The zero-order valence-electron chi connectivity index (χ0n) is 7.61. The highest BCUT2D eigenvalue weighted by molar-refractivity contribution is 4.90. The fourth-order valence-electron chi connectivity index (χ4n) is 1.21. The molecule has 0 unspecified atom stereocenters. The van der Waals surface area contributed by atoms with Crippen LogP contribution in [0.4, 0.5) is 0 Å². The van der Waals surface area contributed by atoms with Crippen LogP contribution in [0.15, 0.2) is 6.20 Å². The maximum atomic E-state index is 5.42. The van der Waals surface area contributed by atoms with Crippen molar-refractivity contribution >= 4 is 0 Å². The predicted octanol–water partition coefficient (Wildman–Crippen LogP) is -0.511. The molecule has 1 aromatic heterocycles. The first-order valence-electron chi connectivity index (χ1n) is 4.71. The molecule has 0 aliphatic heterocycles. The molecule has 5 heteroatoms. The van der Waals surface area contributed by atoms with E-state index in [2.05, 4.69) is 15.6 Å². The Kier molecular flexibility index (Phi) is 2.56. The summed E-state index contributed by atoms with van der Waals surface area (Å²) >= 11 is 0. The van der Waals surface area contributed by atoms with Crippen molar-refractivity contribution in [3.05, 3.63) is 11.9 Å². The van der Waals surface area contributed by atoms with Gasteiger partial charge in [0.1, 0.15) is 0 Å². The minimum atomic E-state index is 0.468. The third-order valence-corrected chi connectivity index (χ3v) is 2.15.